The van der Waals surface area contributed by atoms with Gasteiger partial charge in [0, 0.05) is 19.1 Å². The molecule has 1 atom stereocenters. The summed E-state index contributed by atoms with van der Waals surface area (Å²) in [5.74, 6) is -0.223. The van der Waals surface area contributed by atoms with Gasteiger partial charge in [0.1, 0.15) is 0 Å². The number of carbonyl (C=O) groups is 1. The third kappa shape index (κ3) is 3.20. The van der Waals surface area contributed by atoms with Crippen LogP contribution in [-0.4, -0.2) is 24.9 Å². The zero-order valence-electron chi connectivity index (χ0n) is 11.9. The molecular formula is C17H18ClNO. The molecule has 0 bridgehead atoms. The minimum Gasteiger partial charge on any atom is -0.348 e. The monoisotopic (exact) mass is 287 g/mol. The molecule has 0 spiro atoms. The first-order valence-electron chi connectivity index (χ1n) is 6.52. The van der Waals surface area contributed by atoms with E-state index in [0.717, 1.165) is 11.1 Å². The van der Waals surface area contributed by atoms with Crippen molar-refractivity contribution in [2.24, 2.45) is 0 Å². The Bertz CT molecular complexity index is 542. The van der Waals surface area contributed by atoms with Crippen molar-refractivity contribution in [3.8, 4) is 0 Å². The lowest BCUT2D eigenvalue weighted by Crippen LogP contribution is -2.28. The van der Waals surface area contributed by atoms with Gasteiger partial charge in [0.15, 0.2) is 0 Å². The van der Waals surface area contributed by atoms with Gasteiger partial charge < -0.3 is 4.90 Å². The van der Waals surface area contributed by atoms with Crippen LogP contribution in [0, 0.1) is 6.92 Å². The van der Waals surface area contributed by atoms with E-state index in [1.54, 1.807) is 19.0 Å². The Kier molecular flexibility index (Phi) is 4.46. The minimum atomic E-state index is -0.289. The molecule has 0 fully saturated rings. The molecular weight excluding hydrogens is 270 g/mol. The Morgan fingerprint density at radius 3 is 1.85 bits per heavy atom. The van der Waals surface area contributed by atoms with Crippen molar-refractivity contribution in [3.05, 3.63) is 70.2 Å². The molecule has 0 aromatic heterocycles. The summed E-state index contributed by atoms with van der Waals surface area (Å²) in [6.07, 6.45) is 0. The summed E-state index contributed by atoms with van der Waals surface area (Å²) in [5.41, 5.74) is 3.13. The third-order valence-corrected chi connectivity index (χ3v) is 3.55. The number of nitrogens with zero attached hydrogens (tertiary/aromatic N) is 1. The first kappa shape index (κ1) is 14.6. The lowest BCUT2D eigenvalue weighted by Gasteiger charge is -2.21. The van der Waals surface area contributed by atoms with Crippen molar-refractivity contribution in [3.63, 3.8) is 0 Å². The van der Waals surface area contributed by atoms with Crippen LogP contribution in [0.4, 0.5) is 0 Å². The standard InChI is InChI=1S/C17H18ClNO/c1-12-4-6-13(7-5-12)16(17(20)19(2)3)14-8-10-15(18)11-9-14/h4-11,16H,1-3H3. The second-order valence-electron chi connectivity index (χ2n) is 5.13. The summed E-state index contributed by atoms with van der Waals surface area (Å²) < 4.78 is 0. The Morgan fingerprint density at radius 1 is 0.950 bits per heavy atom. The molecule has 2 aromatic carbocycles. The van der Waals surface area contributed by atoms with Crippen molar-refractivity contribution in [2.75, 3.05) is 14.1 Å². The number of halogens is 1. The maximum Gasteiger partial charge on any atom is 0.234 e. The molecule has 0 saturated heterocycles. The number of hydrogen-bond acceptors (Lipinski definition) is 1. The molecule has 20 heavy (non-hydrogen) atoms. The van der Waals surface area contributed by atoms with Gasteiger partial charge >= 0.3 is 0 Å². The molecule has 3 heteroatoms. The zero-order valence-corrected chi connectivity index (χ0v) is 12.7. The van der Waals surface area contributed by atoms with E-state index in [-0.39, 0.29) is 11.8 Å². The maximum absolute atomic E-state index is 12.5. The Morgan fingerprint density at radius 2 is 1.40 bits per heavy atom. The van der Waals surface area contributed by atoms with Crippen molar-refractivity contribution in [2.45, 2.75) is 12.8 Å². The van der Waals surface area contributed by atoms with Crippen molar-refractivity contribution in [1.29, 1.82) is 0 Å². The molecule has 0 aliphatic rings. The van der Waals surface area contributed by atoms with Crippen LogP contribution in [0.5, 0.6) is 0 Å². The van der Waals surface area contributed by atoms with Gasteiger partial charge in [0.2, 0.25) is 5.91 Å². The largest absolute Gasteiger partial charge is 0.348 e. The normalized spacial score (nSPS) is 12.0. The summed E-state index contributed by atoms with van der Waals surface area (Å²) in [6.45, 7) is 2.04. The number of benzene rings is 2. The SMILES string of the molecule is Cc1ccc(C(C(=O)N(C)C)c2ccc(Cl)cc2)cc1. The summed E-state index contributed by atoms with van der Waals surface area (Å²) in [7, 11) is 3.55. The van der Waals surface area contributed by atoms with Crippen LogP contribution in [0.3, 0.4) is 0 Å². The van der Waals surface area contributed by atoms with Gasteiger partial charge in [0.05, 0.1) is 5.92 Å². The number of aryl methyl sites for hydroxylation is 1. The predicted molar refractivity (Wildman–Crippen MR) is 83.2 cm³/mol. The van der Waals surface area contributed by atoms with E-state index in [0.29, 0.717) is 5.02 Å². The quantitative estimate of drug-likeness (QED) is 0.839. The van der Waals surface area contributed by atoms with E-state index in [2.05, 4.69) is 0 Å². The van der Waals surface area contributed by atoms with Crippen LogP contribution in [-0.2, 0) is 4.79 Å². The van der Waals surface area contributed by atoms with Crippen molar-refractivity contribution >= 4 is 17.5 Å². The first-order valence-corrected chi connectivity index (χ1v) is 6.90. The summed E-state index contributed by atoms with van der Waals surface area (Å²) >= 11 is 5.93. The smallest absolute Gasteiger partial charge is 0.234 e. The molecule has 1 unspecified atom stereocenters. The molecule has 0 aliphatic carbocycles. The minimum absolute atomic E-state index is 0.0659. The van der Waals surface area contributed by atoms with E-state index >= 15 is 0 Å². The zero-order chi connectivity index (χ0) is 14.7. The molecule has 0 radical (unpaired) electrons. The van der Waals surface area contributed by atoms with Gasteiger partial charge in [-0.25, -0.2) is 0 Å². The fraction of sp³-hybridized carbons (Fsp3) is 0.235. The van der Waals surface area contributed by atoms with Crippen LogP contribution < -0.4 is 0 Å². The molecule has 1 amide bonds. The van der Waals surface area contributed by atoms with Crippen molar-refractivity contribution in [1.82, 2.24) is 4.90 Å². The summed E-state index contributed by atoms with van der Waals surface area (Å²) in [6, 6.07) is 15.5. The molecule has 2 nitrogen and oxygen atoms in total. The Balaban J connectivity index is 2.47. The van der Waals surface area contributed by atoms with E-state index < -0.39 is 0 Å². The number of hydrogen-bond donors (Lipinski definition) is 0. The lowest BCUT2D eigenvalue weighted by atomic mass is 9.89. The first-order chi connectivity index (χ1) is 9.49. The highest BCUT2D eigenvalue weighted by Crippen LogP contribution is 2.27. The number of carbonyl (C=O) groups excluding carboxylic acids is 1. The molecule has 0 saturated carbocycles. The van der Waals surface area contributed by atoms with Gasteiger partial charge in [-0.3, -0.25) is 4.79 Å². The molecule has 2 rings (SSSR count). The highest BCUT2D eigenvalue weighted by molar-refractivity contribution is 6.30. The van der Waals surface area contributed by atoms with E-state index in [1.807, 2.05) is 55.5 Å². The van der Waals surface area contributed by atoms with Gasteiger partial charge in [-0.15, -0.1) is 0 Å². The number of rotatable bonds is 3. The van der Waals surface area contributed by atoms with Crippen LogP contribution in [0.2, 0.25) is 5.02 Å². The molecule has 0 heterocycles. The Hall–Kier alpha value is -1.80. The second kappa shape index (κ2) is 6.10. The summed E-state index contributed by atoms with van der Waals surface area (Å²) in [5, 5.41) is 0.675. The fourth-order valence-corrected chi connectivity index (χ4v) is 2.28. The van der Waals surface area contributed by atoms with E-state index in [9.17, 15) is 4.79 Å². The average Bonchev–Trinajstić information content (AvgIpc) is 2.43. The highest BCUT2D eigenvalue weighted by atomic mass is 35.5. The average molecular weight is 288 g/mol. The van der Waals surface area contributed by atoms with Crippen LogP contribution in [0.15, 0.2) is 48.5 Å². The van der Waals surface area contributed by atoms with E-state index in [4.69, 9.17) is 11.6 Å². The molecule has 0 N–H and O–H groups in total. The molecule has 104 valence electrons. The number of amides is 1. The van der Waals surface area contributed by atoms with E-state index in [1.165, 1.54) is 5.56 Å². The van der Waals surface area contributed by atoms with Crippen LogP contribution >= 0.6 is 11.6 Å². The van der Waals surface area contributed by atoms with Gasteiger partial charge in [-0.2, -0.15) is 0 Å². The second-order valence-corrected chi connectivity index (χ2v) is 5.56. The predicted octanol–water partition coefficient (Wildman–Crippen LogP) is 3.87. The Labute approximate surface area is 125 Å². The topological polar surface area (TPSA) is 20.3 Å². The highest BCUT2D eigenvalue weighted by Gasteiger charge is 2.24. The lowest BCUT2D eigenvalue weighted by molar-refractivity contribution is -0.129. The maximum atomic E-state index is 12.5. The van der Waals surface area contributed by atoms with Gasteiger partial charge in [0.25, 0.3) is 0 Å². The third-order valence-electron chi connectivity index (χ3n) is 3.30. The van der Waals surface area contributed by atoms with Crippen LogP contribution in [0.1, 0.15) is 22.6 Å². The van der Waals surface area contributed by atoms with Crippen LogP contribution in [0.25, 0.3) is 0 Å². The molecule has 2 aromatic rings. The van der Waals surface area contributed by atoms with Gasteiger partial charge in [-0.1, -0.05) is 53.6 Å². The van der Waals surface area contributed by atoms with Gasteiger partial charge in [-0.05, 0) is 30.2 Å². The molecule has 0 aliphatic heterocycles. The summed E-state index contributed by atoms with van der Waals surface area (Å²) in [4.78, 5) is 14.1. The number of likely N-dealkylation sites (N-methyl/N-ethyl adjacent to an activating group) is 1. The van der Waals surface area contributed by atoms with Crippen molar-refractivity contribution < 1.29 is 4.79 Å². The fourth-order valence-electron chi connectivity index (χ4n) is 2.15.